The molecule has 0 aromatic heterocycles. The van der Waals surface area contributed by atoms with E-state index in [1.807, 2.05) is 32.0 Å². The predicted octanol–water partition coefficient (Wildman–Crippen LogP) is 6.38. The quantitative estimate of drug-likeness (QED) is 0.613. The van der Waals surface area contributed by atoms with E-state index in [0.717, 1.165) is 15.7 Å². The Hall–Kier alpha value is -0.770. The van der Waals surface area contributed by atoms with E-state index in [1.165, 1.54) is 12.1 Å². The zero-order valence-electron chi connectivity index (χ0n) is 11.0. The SMILES string of the molecule is Cc1ccc(Br)c(NC(C)c2c(Cl)ccc(F)c2Cl)c1. The number of rotatable bonds is 3. The van der Waals surface area contributed by atoms with Gasteiger partial charge in [0.25, 0.3) is 0 Å². The summed E-state index contributed by atoms with van der Waals surface area (Å²) in [6.07, 6.45) is 0. The van der Waals surface area contributed by atoms with Crippen LogP contribution in [-0.2, 0) is 0 Å². The van der Waals surface area contributed by atoms with Crippen LogP contribution in [0.3, 0.4) is 0 Å². The van der Waals surface area contributed by atoms with E-state index in [0.29, 0.717) is 10.6 Å². The minimum Gasteiger partial charge on any atom is -0.377 e. The van der Waals surface area contributed by atoms with E-state index in [-0.39, 0.29) is 11.1 Å². The van der Waals surface area contributed by atoms with Gasteiger partial charge in [-0.15, -0.1) is 0 Å². The third kappa shape index (κ3) is 3.27. The Morgan fingerprint density at radius 3 is 2.60 bits per heavy atom. The summed E-state index contributed by atoms with van der Waals surface area (Å²) in [5.74, 6) is -0.469. The first-order valence-electron chi connectivity index (χ1n) is 6.06. The molecular formula is C15H13BrCl2FN. The highest BCUT2D eigenvalue weighted by atomic mass is 79.9. The fourth-order valence-corrected chi connectivity index (χ4v) is 3.05. The Morgan fingerprint density at radius 2 is 1.90 bits per heavy atom. The lowest BCUT2D eigenvalue weighted by Gasteiger charge is -2.20. The standard InChI is InChI=1S/C15H13BrCl2FN/c1-8-3-4-10(16)13(7-8)20-9(2)14-11(17)5-6-12(19)15(14)18/h3-7,9,20H,1-2H3. The molecule has 0 amide bonds. The molecule has 1 unspecified atom stereocenters. The lowest BCUT2D eigenvalue weighted by atomic mass is 10.1. The van der Waals surface area contributed by atoms with Crippen molar-refractivity contribution < 1.29 is 4.39 Å². The van der Waals surface area contributed by atoms with E-state index in [1.54, 1.807) is 0 Å². The molecule has 1 atom stereocenters. The summed E-state index contributed by atoms with van der Waals surface area (Å²) >= 11 is 15.6. The highest BCUT2D eigenvalue weighted by Crippen LogP contribution is 2.35. The highest BCUT2D eigenvalue weighted by Gasteiger charge is 2.17. The molecule has 0 radical (unpaired) electrons. The van der Waals surface area contributed by atoms with Crippen molar-refractivity contribution in [3.8, 4) is 0 Å². The Morgan fingerprint density at radius 1 is 1.20 bits per heavy atom. The summed E-state index contributed by atoms with van der Waals surface area (Å²) in [6, 6.07) is 8.53. The van der Waals surface area contributed by atoms with Crippen LogP contribution in [0.25, 0.3) is 0 Å². The number of nitrogens with one attached hydrogen (secondary N) is 1. The number of aryl methyl sites for hydroxylation is 1. The minimum absolute atomic E-state index is 0.0567. The first-order valence-corrected chi connectivity index (χ1v) is 7.61. The zero-order valence-corrected chi connectivity index (χ0v) is 14.1. The highest BCUT2D eigenvalue weighted by molar-refractivity contribution is 9.10. The van der Waals surface area contributed by atoms with Gasteiger partial charge in [-0.2, -0.15) is 0 Å². The van der Waals surface area contributed by atoms with Crippen molar-refractivity contribution in [3.05, 3.63) is 61.8 Å². The van der Waals surface area contributed by atoms with Gasteiger partial charge in [-0.05, 0) is 59.6 Å². The Labute approximate surface area is 136 Å². The lowest BCUT2D eigenvalue weighted by Crippen LogP contribution is -2.09. The Kier molecular flexibility index (Phi) is 4.95. The van der Waals surface area contributed by atoms with Crippen LogP contribution in [0.15, 0.2) is 34.8 Å². The van der Waals surface area contributed by atoms with Crippen LogP contribution < -0.4 is 5.32 Å². The predicted molar refractivity (Wildman–Crippen MR) is 87.3 cm³/mol. The summed E-state index contributed by atoms with van der Waals surface area (Å²) in [7, 11) is 0. The molecular weight excluding hydrogens is 364 g/mol. The summed E-state index contributed by atoms with van der Waals surface area (Å²) in [4.78, 5) is 0. The molecule has 0 aliphatic heterocycles. The Balaban J connectivity index is 2.35. The molecule has 2 rings (SSSR count). The van der Waals surface area contributed by atoms with E-state index < -0.39 is 5.82 Å². The smallest absolute Gasteiger partial charge is 0.142 e. The van der Waals surface area contributed by atoms with Gasteiger partial charge < -0.3 is 5.32 Å². The van der Waals surface area contributed by atoms with Crippen LogP contribution in [0.1, 0.15) is 24.1 Å². The second kappa shape index (κ2) is 6.33. The average molecular weight is 377 g/mol. The molecule has 0 saturated heterocycles. The summed E-state index contributed by atoms with van der Waals surface area (Å²) in [6.45, 7) is 3.89. The van der Waals surface area contributed by atoms with Gasteiger partial charge in [0.1, 0.15) is 5.82 Å². The van der Waals surface area contributed by atoms with Crippen molar-refractivity contribution in [2.45, 2.75) is 19.9 Å². The topological polar surface area (TPSA) is 12.0 Å². The second-order valence-electron chi connectivity index (χ2n) is 4.61. The van der Waals surface area contributed by atoms with Gasteiger partial charge in [-0.3, -0.25) is 0 Å². The van der Waals surface area contributed by atoms with Gasteiger partial charge in [-0.25, -0.2) is 4.39 Å². The van der Waals surface area contributed by atoms with Gasteiger partial charge in [0.15, 0.2) is 0 Å². The second-order valence-corrected chi connectivity index (χ2v) is 6.25. The first-order chi connectivity index (χ1) is 9.40. The molecule has 0 bridgehead atoms. The number of benzene rings is 2. The van der Waals surface area contributed by atoms with Crippen LogP contribution in [0, 0.1) is 12.7 Å². The summed E-state index contributed by atoms with van der Waals surface area (Å²) < 4.78 is 14.5. The third-order valence-electron chi connectivity index (χ3n) is 3.01. The first kappa shape index (κ1) is 15.6. The third-order valence-corrected chi connectivity index (χ3v) is 4.41. The molecule has 1 N–H and O–H groups in total. The van der Waals surface area contributed by atoms with E-state index in [4.69, 9.17) is 23.2 Å². The monoisotopic (exact) mass is 375 g/mol. The van der Waals surface area contributed by atoms with Crippen molar-refractivity contribution >= 4 is 44.8 Å². The van der Waals surface area contributed by atoms with Crippen molar-refractivity contribution in [2.24, 2.45) is 0 Å². The van der Waals surface area contributed by atoms with Crippen molar-refractivity contribution in [3.63, 3.8) is 0 Å². The van der Waals surface area contributed by atoms with Gasteiger partial charge in [0.2, 0.25) is 0 Å². The zero-order chi connectivity index (χ0) is 14.9. The lowest BCUT2D eigenvalue weighted by molar-refractivity contribution is 0.624. The van der Waals surface area contributed by atoms with Crippen molar-refractivity contribution in [2.75, 3.05) is 5.32 Å². The van der Waals surface area contributed by atoms with E-state index in [2.05, 4.69) is 21.2 Å². The van der Waals surface area contributed by atoms with Gasteiger partial charge in [0, 0.05) is 20.7 Å². The van der Waals surface area contributed by atoms with Crippen LogP contribution in [0.2, 0.25) is 10.0 Å². The molecule has 0 heterocycles. The minimum atomic E-state index is -0.469. The number of anilines is 1. The fourth-order valence-electron chi connectivity index (χ4n) is 1.99. The number of halogens is 4. The molecule has 0 aliphatic carbocycles. The molecule has 20 heavy (non-hydrogen) atoms. The molecule has 106 valence electrons. The molecule has 2 aromatic rings. The van der Waals surface area contributed by atoms with Gasteiger partial charge in [0.05, 0.1) is 11.1 Å². The normalized spacial score (nSPS) is 12.3. The van der Waals surface area contributed by atoms with Crippen LogP contribution in [-0.4, -0.2) is 0 Å². The maximum Gasteiger partial charge on any atom is 0.142 e. The van der Waals surface area contributed by atoms with Crippen LogP contribution in [0.5, 0.6) is 0 Å². The molecule has 0 saturated carbocycles. The molecule has 5 heteroatoms. The largest absolute Gasteiger partial charge is 0.377 e. The fraction of sp³-hybridized carbons (Fsp3) is 0.200. The van der Waals surface area contributed by atoms with Gasteiger partial charge in [-0.1, -0.05) is 29.3 Å². The molecule has 0 spiro atoms. The van der Waals surface area contributed by atoms with Crippen LogP contribution >= 0.6 is 39.1 Å². The summed E-state index contributed by atoms with van der Waals surface area (Å²) in [5.41, 5.74) is 2.59. The van der Waals surface area contributed by atoms with Crippen LogP contribution in [0.4, 0.5) is 10.1 Å². The molecule has 2 aromatic carbocycles. The van der Waals surface area contributed by atoms with E-state index in [9.17, 15) is 4.39 Å². The van der Waals surface area contributed by atoms with E-state index >= 15 is 0 Å². The van der Waals surface area contributed by atoms with Crippen molar-refractivity contribution in [1.29, 1.82) is 0 Å². The van der Waals surface area contributed by atoms with Crippen molar-refractivity contribution in [1.82, 2.24) is 0 Å². The average Bonchev–Trinajstić information content (AvgIpc) is 2.39. The number of hydrogen-bond acceptors (Lipinski definition) is 1. The maximum absolute atomic E-state index is 13.6. The number of hydrogen-bond donors (Lipinski definition) is 1. The molecule has 0 aliphatic rings. The maximum atomic E-state index is 13.6. The Bertz CT molecular complexity index is 646. The molecule has 1 nitrogen and oxygen atoms in total. The molecule has 0 fully saturated rings. The summed E-state index contributed by atoms with van der Waals surface area (Å²) in [5, 5.41) is 3.80. The van der Waals surface area contributed by atoms with Gasteiger partial charge >= 0.3 is 0 Å².